The van der Waals surface area contributed by atoms with Crippen LogP contribution in [0.2, 0.25) is 18.1 Å². The number of rotatable bonds is 6. The van der Waals surface area contributed by atoms with Crippen molar-refractivity contribution in [3.63, 3.8) is 0 Å². The van der Waals surface area contributed by atoms with E-state index in [-0.39, 0.29) is 23.4 Å². The third-order valence-electron chi connectivity index (χ3n) is 5.05. The van der Waals surface area contributed by atoms with Crippen LogP contribution in [0.5, 0.6) is 0 Å². The summed E-state index contributed by atoms with van der Waals surface area (Å²) in [5.74, 6) is 0. The molecule has 0 aliphatic carbocycles. The molecule has 0 amide bonds. The molecule has 1 spiro atoms. The summed E-state index contributed by atoms with van der Waals surface area (Å²) >= 11 is 0. The molecule has 0 saturated carbocycles. The molecule has 0 N–H and O–H groups in total. The summed E-state index contributed by atoms with van der Waals surface area (Å²) in [6.07, 6.45) is 2.78. The van der Waals surface area contributed by atoms with Crippen LogP contribution in [-0.4, -0.2) is 38.3 Å². The van der Waals surface area contributed by atoms with Crippen LogP contribution in [0.15, 0.2) is 12.7 Å². The Labute approximate surface area is 124 Å². The Morgan fingerprint density at radius 1 is 1.25 bits per heavy atom. The highest BCUT2D eigenvalue weighted by Crippen LogP contribution is 2.49. The highest BCUT2D eigenvalue weighted by Gasteiger charge is 2.62. The fourth-order valence-corrected chi connectivity index (χ4v) is 6.45. The van der Waals surface area contributed by atoms with E-state index >= 15 is 0 Å². The first-order chi connectivity index (χ1) is 9.36. The largest absolute Gasteiger partial charge is 0.408 e. The lowest BCUT2D eigenvalue weighted by atomic mass is 9.83. The predicted octanol–water partition coefficient (Wildman–Crippen LogP) is 3.90. The summed E-state index contributed by atoms with van der Waals surface area (Å²) in [4.78, 5) is 0. The molecular weight excluding hydrogens is 268 g/mol. The van der Waals surface area contributed by atoms with E-state index in [1.165, 1.54) is 0 Å². The van der Waals surface area contributed by atoms with E-state index in [4.69, 9.17) is 13.9 Å². The van der Waals surface area contributed by atoms with E-state index in [0.29, 0.717) is 0 Å². The summed E-state index contributed by atoms with van der Waals surface area (Å²) in [7, 11) is -1.67. The maximum absolute atomic E-state index is 6.72. The van der Waals surface area contributed by atoms with E-state index in [1.54, 1.807) is 0 Å². The molecule has 0 aromatic carbocycles. The molecule has 0 radical (unpaired) electrons. The first-order valence-corrected chi connectivity index (χ1v) is 10.5. The SMILES string of the molecule is C=C[C@H]1OC(C)(C)C[C@@]2(CO2)[C@@H]1O[Si](CC)(CC)CC. The smallest absolute Gasteiger partial charge is 0.192 e. The van der Waals surface area contributed by atoms with Crippen molar-refractivity contribution in [2.24, 2.45) is 0 Å². The minimum atomic E-state index is -1.67. The van der Waals surface area contributed by atoms with Gasteiger partial charge in [-0.15, -0.1) is 6.58 Å². The Kier molecular flexibility index (Phi) is 4.51. The second-order valence-corrected chi connectivity index (χ2v) is 11.6. The average Bonchev–Trinajstić information content (AvgIpc) is 3.17. The average molecular weight is 298 g/mol. The van der Waals surface area contributed by atoms with Gasteiger partial charge in [-0.2, -0.15) is 0 Å². The molecule has 2 aliphatic rings. The van der Waals surface area contributed by atoms with E-state index in [0.717, 1.165) is 31.2 Å². The van der Waals surface area contributed by atoms with Gasteiger partial charge in [-0.25, -0.2) is 0 Å². The minimum Gasteiger partial charge on any atom is -0.408 e. The van der Waals surface area contributed by atoms with Crippen molar-refractivity contribution in [1.82, 2.24) is 0 Å². The van der Waals surface area contributed by atoms with Gasteiger partial charge in [-0.3, -0.25) is 0 Å². The van der Waals surface area contributed by atoms with Crippen LogP contribution in [0.1, 0.15) is 41.0 Å². The maximum atomic E-state index is 6.72. The molecule has 4 heteroatoms. The molecule has 2 rings (SSSR count). The van der Waals surface area contributed by atoms with Gasteiger partial charge in [-0.1, -0.05) is 26.8 Å². The Hall–Kier alpha value is -0.163. The lowest BCUT2D eigenvalue weighted by Crippen LogP contribution is -2.58. The molecule has 0 aromatic rings. The third kappa shape index (κ3) is 2.89. The van der Waals surface area contributed by atoms with Crippen LogP contribution < -0.4 is 0 Å². The third-order valence-corrected chi connectivity index (χ3v) is 9.67. The van der Waals surface area contributed by atoms with Crippen LogP contribution in [0.4, 0.5) is 0 Å². The van der Waals surface area contributed by atoms with Crippen molar-refractivity contribution < 1.29 is 13.9 Å². The zero-order valence-electron chi connectivity index (χ0n) is 13.7. The maximum Gasteiger partial charge on any atom is 0.192 e. The van der Waals surface area contributed by atoms with E-state index in [2.05, 4.69) is 41.2 Å². The molecule has 2 fully saturated rings. The molecule has 2 heterocycles. The monoisotopic (exact) mass is 298 g/mol. The molecule has 3 atom stereocenters. The molecule has 2 aliphatic heterocycles. The molecular formula is C16H30O3Si. The van der Waals surface area contributed by atoms with Crippen molar-refractivity contribution in [3.8, 4) is 0 Å². The molecule has 3 nitrogen and oxygen atoms in total. The number of ether oxygens (including phenoxy) is 2. The fourth-order valence-electron chi connectivity index (χ4n) is 3.57. The minimum absolute atomic E-state index is 0.0274. The van der Waals surface area contributed by atoms with Crippen molar-refractivity contribution in [2.75, 3.05) is 6.61 Å². The van der Waals surface area contributed by atoms with Gasteiger partial charge in [0.2, 0.25) is 0 Å². The predicted molar refractivity (Wildman–Crippen MR) is 84.5 cm³/mol. The standard InChI is InChI=1S/C16H30O3Si/c1-7-13-14(19-20(8-2,9-3)10-4)16(12-17-16)11-15(5,6)18-13/h7,13-14H,1,8-12H2,2-6H3/t13-,14-,16-/m1/s1. The highest BCUT2D eigenvalue weighted by molar-refractivity contribution is 6.73. The summed E-state index contributed by atoms with van der Waals surface area (Å²) in [5, 5.41) is 0. The Morgan fingerprint density at radius 3 is 2.20 bits per heavy atom. The Bertz CT molecular complexity index is 350. The van der Waals surface area contributed by atoms with Crippen LogP contribution in [0.25, 0.3) is 0 Å². The summed E-state index contributed by atoms with van der Waals surface area (Å²) < 4.78 is 18.8. The van der Waals surface area contributed by atoms with Gasteiger partial charge in [0, 0.05) is 6.42 Å². The van der Waals surface area contributed by atoms with E-state index in [1.807, 2.05) is 6.08 Å². The highest BCUT2D eigenvalue weighted by atomic mass is 28.4. The Morgan fingerprint density at radius 2 is 1.80 bits per heavy atom. The van der Waals surface area contributed by atoms with E-state index < -0.39 is 8.32 Å². The number of hydrogen-bond donors (Lipinski definition) is 0. The van der Waals surface area contributed by atoms with Crippen LogP contribution in [0.3, 0.4) is 0 Å². The van der Waals surface area contributed by atoms with Gasteiger partial charge >= 0.3 is 0 Å². The second-order valence-electron chi connectivity index (χ2n) is 6.89. The Balaban J connectivity index is 2.22. The van der Waals surface area contributed by atoms with Crippen LogP contribution in [-0.2, 0) is 13.9 Å². The quantitative estimate of drug-likeness (QED) is 0.423. The number of hydrogen-bond acceptors (Lipinski definition) is 3. The molecule has 2 saturated heterocycles. The lowest BCUT2D eigenvalue weighted by molar-refractivity contribution is -0.166. The summed E-state index contributed by atoms with van der Waals surface area (Å²) in [5.41, 5.74) is -0.289. The van der Waals surface area contributed by atoms with Crippen molar-refractivity contribution in [2.45, 2.75) is 82.6 Å². The van der Waals surface area contributed by atoms with Gasteiger partial charge in [0.1, 0.15) is 17.8 Å². The zero-order chi connectivity index (χ0) is 15.0. The van der Waals surface area contributed by atoms with Crippen molar-refractivity contribution >= 4 is 8.32 Å². The zero-order valence-corrected chi connectivity index (χ0v) is 14.7. The van der Waals surface area contributed by atoms with Gasteiger partial charge in [0.15, 0.2) is 8.32 Å². The molecule has 116 valence electrons. The molecule has 0 bridgehead atoms. The summed E-state index contributed by atoms with van der Waals surface area (Å²) in [6, 6.07) is 3.46. The summed E-state index contributed by atoms with van der Waals surface area (Å²) in [6.45, 7) is 15.8. The van der Waals surface area contributed by atoms with Gasteiger partial charge in [-0.05, 0) is 32.0 Å². The fraction of sp³-hybridized carbons (Fsp3) is 0.875. The van der Waals surface area contributed by atoms with Gasteiger partial charge < -0.3 is 13.9 Å². The van der Waals surface area contributed by atoms with Crippen molar-refractivity contribution in [1.29, 1.82) is 0 Å². The molecule has 20 heavy (non-hydrogen) atoms. The topological polar surface area (TPSA) is 31.0 Å². The van der Waals surface area contributed by atoms with E-state index in [9.17, 15) is 0 Å². The number of epoxide rings is 1. The molecule has 0 aromatic heterocycles. The van der Waals surface area contributed by atoms with Gasteiger partial charge in [0.25, 0.3) is 0 Å². The first kappa shape index (κ1) is 16.2. The second kappa shape index (κ2) is 5.56. The normalized spacial score (nSPS) is 36.0. The van der Waals surface area contributed by atoms with Crippen molar-refractivity contribution in [3.05, 3.63) is 12.7 Å². The molecule has 0 unspecified atom stereocenters. The van der Waals surface area contributed by atoms with Gasteiger partial charge in [0.05, 0.1) is 12.2 Å². The van der Waals surface area contributed by atoms with Crippen LogP contribution in [0, 0.1) is 0 Å². The lowest BCUT2D eigenvalue weighted by Gasteiger charge is -2.47. The first-order valence-electron chi connectivity index (χ1n) is 7.98. The van der Waals surface area contributed by atoms with Crippen LogP contribution >= 0.6 is 0 Å².